The van der Waals surface area contributed by atoms with Crippen LogP contribution in [-0.4, -0.2) is 27.2 Å². The minimum atomic E-state index is -0.558. The lowest BCUT2D eigenvalue weighted by atomic mass is 10.2. The van der Waals surface area contributed by atoms with Gasteiger partial charge in [0.1, 0.15) is 12.1 Å². The second-order valence-corrected chi connectivity index (χ2v) is 5.28. The summed E-state index contributed by atoms with van der Waals surface area (Å²) in [5, 5.41) is 2.68. The van der Waals surface area contributed by atoms with Gasteiger partial charge in [-0.1, -0.05) is 0 Å². The predicted molar refractivity (Wildman–Crippen MR) is 69.2 cm³/mol. The minimum Gasteiger partial charge on any atom is -0.444 e. The van der Waals surface area contributed by atoms with Crippen molar-refractivity contribution in [3.8, 4) is 0 Å². The highest BCUT2D eigenvalue weighted by molar-refractivity contribution is 5.73. The summed E-state index contributed by atoms with van der Waals surface area (Å²) in [4.78, 5) is 26.5. The number of rotatable bonds is 4. The van der Waals surface area contributed by atoms with Crippen LogP contribution in [0.1, 0.15) is 39.4 Å². The van der Waals surface area contributed by atoms with Crippen LogP contribution in [0.15, 0.2) is 12.5 Å². The summed E-state index contributed by atoms with van der Waals surface area (Å²) in [6.45, 7) is 7.16. The van der Waals surface area contributed by atoms with Crippen molar-refractivity contribution in [1.29, 1.82) is 0 Å². The molecule has 1 heterocycles. The number of carbonyl (C=O) groups is 2. The van der Waals surface area contributed by atoms with E-state index < -0.39 is 17.6 Å². The van der Waals surface area contributed by atoms with E-state index in [2.05, 4.69) is 10.3 Å². The zero-order chi connectivity index (χ0) is 14.6. The van der Waals surface area contributed by atoms with Crippen molar-refractivity contribution < 1.29 is 14.3 Å². The first-order chi connectivity index (χ1) is 8.69. The van der Waals surface area contributed by atoms with Gasteiger partial charge in [-0.05, 0) is 27.7 Å². The van der Waals surface area contributed by atoms with Crippen LogP contribution in [0.4, 0.5) is 4.79 Å². The van der Waals surface area contributed by atoms with Gasteiger partial charge in [-0.15, -0.1) is 0 Å². The van der Waals surface area contributed by atoms with Crippen molar-refractivity contribution in [3.05, 3.63) is 18.2 Å². The van der Waals surface area contributed by atoms with E-state index in [1.54, 1.807) is 38.5 Å². The average Bonchev–Trinajstić information content (AvgIpc) is 2.61. The van der Waals surface area contributed by atoms with Gasteiger partial charge in [0, 0.05) is 0 Å². The number of nitrogens with two attached hydrogens (primary N) is 1. The monoisotopic (exact) mass is 268 g/mol. The van der Waals surface area contributed by atoms with Gasteiger partial charge >= 0.3 is 6.09 Å². The summed E-state index contributed by atoms with van der Waals surface area (Å²) in [5.74, 6) is -0.469. The second-order valence-electron chi connectivity index (χ2n) is 5.28. The Hall–Kier alpha value is -2.05. The van der Waals surface area contributed by atoms with Crippen molar-refractivity contribution in [2.45, 2.75) is 45.9 Å². The quantitative estimate of drug-likeness (QED) is 0.849. The third-order valence-corrected chi connectivity index (χ3v) is 2.25. The number of aromatic nitrogens is 2. The lowest BCUT2D eigenvalue weighted by Gasteiger charge is -2.22. The van der Waals surface area contributed by atoms with E-state index in [1.807, 2.05) is 0 Å². The Morgan fingerprint density at radius 2 is 2.16 bits per heavy atom. The van der Waals surface area contributed by atoms with Gasteiger partial charge in [0.25, 0.3) is 0 Å². The van der Waals surface area contributed by atoms with Crippen LogP contribution in [0.3, 0.4) is 0 Å². The van der Waals surface area contributed by atoms with E-state index in [0.29, 0.717) is 5.69 Å². The SMILES string of the molecule is C[C@@H](NC(=O)OC(C)(C)C)c1cncn1CC(N)=O. The molecule has 0 unspecified atom stereocenters. The van der Waals surface area contributed by atoms with Gasteiger partial charge in [0.05, 0.1) is 24.3 Å². The third-order valence-electron chi connectivity index (χ3n) is 2.25. The molecule has 3 N–H and O–H groups in total. The van der Waals surface area contributed by atoms with Crippen LogP contribution in [-0.2, 0) is 16.1 Å². The number of hydrogen-bond acceptors (Lipinski definition) is 4. The fraction of sp³-hybridized carbons (Fsp3) is 0.583. The second kappa shape index (κ2) is 5.73. The summed E-state index contributed by atoms with van der Waals surface area (Å²) in [6.07, 6.45) is 2.55. The normalized spacial score (nSPS) is 12.8. The van der Waals surface area contributed by atoms with Crippen LogP contribution in [0.25, 0.3) is 0 Å². The molecule has 7 nitrogen and oxygen atoms in total. The van der Waals surface area contributed by atoms with Gasteiger partial charge in [-0.25, -0.2) is 9.78 Å². The van der Waals surface area contributed by atoms with Crippen molar-refractivity contribution in [1.82, 2.24) is 14.9 Å². The highest BCUT2D eigenvalue weighted by atomic mass is 16.6. The predicted octanol–water partition coefficient (Wildman–Crippen LogP) is 0.954. The maximum atomic E-state index is 11.6. The number of amides is 2. The first-order valence-corrected chi connectivity index (χ1v) is 5.97. The summed E-state index contributed by atoms with van der Waals surface area (Å²) >= 11 is 0. The molecule has 19 heavy (non-hydrogen) atoms. The van der Waals surface area contributed by atoms with Crippen molar-refractivity contribution in [3.63, 3.8) is 0 Å². The van der Waals surface area contributed by atoms with Gasteiger partial charge < -0.3 is 20.4 Å². The smallest absolute Gasteiger partial charge is 0.408 e. The average molecular weight is 268 g/mol. The number of alkyl carbamates (subject to hydrolysis) is 1. The molecule has 0 saturated heterocycles. The first-order valence-electron chi connectivity index (χ1n) is 5.97. The molecule has 1 aromatic rings. The Morgan fingerprint density at radius 3 is 2.68 bits per heavy atom. The molecule has 1 atom stereocenters. The van der Waals surface area contributed by atoms with Crippen molar-refractivity contribution >= 4 is 12.0 Å². The Morgan fingerprint density at radius 1 is 1.53 bits per heavy atom. The van der Waals surface area contributed by atoms with Gasteiger partial charge in [0.15, 0.2) is 0 Å². The van der Waals surface area contributed by atoms with Gasteiger partial charge in [-0.3, -0.25) is 4.79 Å². The van der Waals surface area contributed by atoms with Crippen LogP contribution in [0.5, 0.6) is 0 Å². The molecule has 0 aromatic carbocycles. The van der Waals surface area contributed by atoms with E-state index in [9.17, 15) is 9.59 Å². The molecule has 0 aliphatic heterocycles. The number of hydrogen-bond donors (Lipinski definition) is 2. The van der Waals surface area contributed by atoms with Crippen molar-refractivity contribution in [2.75, 3.05) is 0 Å². The van der Waals surface area contributed by atoms with E-state index >= 15 is 0 Å². The van der Waals surface area contributed by atoms with Gasteiger partial charge in [0.2, 0.25) is 5.91 Å². The van der Waals surface area contributed by atoms with E-state index in [1.165, 1.54) is 6.33 Å². The molecule has 0 spiro atoms. The van der Waals surface area contributed by atoms with Crippen molar-refractivity contribution in [2.24, 2.45) is 5.73 Å². The number of ether oxygens (including phenoxy) is 1. The Balaban J connectivity index is 2.68. The molecule has 0 fully saturated rings. The number of nitrogens with zero attached hydrogens (tertiary/aromatic N) is 2. The summed E-state index contributed by atoms with van der Waals surface area (Å²) < 4.78 is 6.74. The largest absolute Gasteiger partial charge is 0.444 e. The zero-order valence-electron chi connectivity index (χ0n) is 11.6. The molecule has 0 aliphatic rings. The van der Waals surface area contributed by atoms with Crippen LogP contribution < -0.4 is 11.1 Å². The number of primary amides is 1. The maximum Gasteiger partial charge on any atom is 0.408 e. The molecular formula is C12H20N4O3. The summed E-state index contributed by atoms with van der Waals surface area (Å²) in [7, 11) is 0. The summed E-state index contributed by atoms with van der Waals surface area (Å²) in [6, 6.07) is -0.336. The van der Waals surface area contributed by atoms with E-state index in [4.69, 9.17) is 10.5 Å². The lowest BCUT2D eigenvalue weighted by molar-refractivity contribution is -0.118. The third kappa shape index (κ3) is 4.99. The topological polar surface area (TPSA) is 99.2 Å². The molecule has 0 bridgehead atoms. The molecule has 0 saturated carbocycles. The highest BCUT2D eigenvalue weighted by Gasteiger charge is 2.20. The molecule has 2 amide bonds. The fourth-order valence-electron chi connectivity index (χ4n) is 1.55. The fourth-order valence-corrected chi connectivity index (χ4v) is 1.55. The zero-order valence-corrected chi connectivity index (χ0v) is 11.6. The highest BCUT2D eigenvalue weighted by Crippen LogP contribution is 2.13. The molecular weight excluding hydrogens is 248 g/mol. The maximum absolute atomic E-state index is 11.6. The van der Waals surface area contributed by atoms with Crippen LogP contribution in [0, 0.1) is 0 Å². The number of imidazole rings is 1. The summed E-state index contributed by atoms with van der Waals surface area (Å²) in [5.41, 5.74) is 5.26. The Labute approximate surface area is 112 Å². The Kier molecular flexibility index (Phi) is 4.52. The number of carbonyl (C=O) groups excluding carboxylic acids is 2. The molecule has 7 heteroatoms. The molecule has 106 valence electrons. The number of nitrogens with one attached hydrogen (secondary N) is 1. The minimum absolute atomic E-state index is 0.0235. The van der Waals surface area contributed by atoms with E-state index in [-0.39, 0.29) is 12.6 Å². The van der Waals surface area contributed by atoms with Gasteiger partial charge in [-0.2, -0.15) is 0 Å². The molecule has 1 aromatic heterocycles. The molecule has 0 aliphatic carbocycles. The molecule has 1 rings (SSSR count). The van der Waals surface area contributed by atoms with Crippen LogP contribution >= 0.6 is 0 Å². The first kappa shape index (κ1) is 15.0. The van der Waals surface area contributed by atoms with Crippen LogP contribution in [0.2, 0.25) is 0 Å². The Bertz CT molecular complexity index is 462. The molecule has 0 radical (unpaired) electrons. The van der Waals surface area contributed by atoms with E-state index in [0.717, 1.165) is 0 Å². The standard InChI is InChI=1S/C12H20N4O3/c1-8(15-11(18)19-12(2,3)4)9-5-14-7-16(9)6-10(13)17/h5,7-8H,6H2,1-4H3,(H2,13,17)(H,15,18)/t8-/m1/s1. The lowest BCUT2D eigenvalue weighted by Crippen LogP contribution is -2.35.